The van der Waals surface area contributed by atoms with E-state index >= 15 is 0 Å². The molecule has 0 aromatic rings. The molecular formula is C22H44O3. The van der Waals surface area contributed by atoms with Crippen LogP contribution in [0, 0.1) is 17.8 Å². The van der Waals surface area contributed by atoms with Crippen LogP contribution in [-0.4, -0.2) is 25.8 Å². The summed E-state index contributed by atoms with van der Waals surface area (Å²) in [5.74, 6) is 2.32. The van der Waals surface area contributed by atoms with Crippen LogP contribution < -0.4 is 0 Å². The van der Waals surface area contributed by atoms with Crippen molar-refractivity contribution in [1.82, 2.24) is 0 Å². The second-order valence-electron chi connectivity index (χ2n) is 8.17. The van der Waals surface area contributed by atoms with E-state index in [1.54, 1.807) is 0 Å². The van der Waals surface area contributed by atoms with Gasteiger partial charge in [0.2, 0.25) is 0 Å². The molecule has 0 radical (unpaired) electrons. The van der Waals surface area contributed by atoms with E-state index in [2.05, 4.69) is 27.7 Å². The minimum atomic E-state index is -0.255. The fraction of sp³-hybridized carbons (Fsp3) is 0.955. The topological polar surface area (TPSA) is 35.5 Å². The molecule has 0 spiro atoms. The van der Waals surface area contributed by atoms with Gasteiger partial charge < -0.3 is 9.47 Å². The van der Waals surface area contributed by atoms with E-state index in [1.165, 1.54) is 57.8 Å². The molecule has 3 nitrogen and oxygen atoms in total. The van der Waals surface area contributed by atoms with Crippen LogP contribution in [0.3, 0.4) is 0 Å². The Morgan fingerprint density at radius 1 is 0.760 bits per heavy atom. The average Bonchev–Trinajstić information content (AvgIpc) is 2.53. The summed E-state index contributed by atoms with van der Waals surface area (Å²) in [6, 6.07) is 0. The molecule has 0 aromatic heterocycles. The average molecular weight is 357 g/mol. The highest BCUT2D eigenvalue weighted by molar-refractivity contribution is 5.70. The standard InChI is InChI=1S/C22H44O3/c1-6-25-22(23)18-24-17-9-7-8-13-20(4)15-11-16-21(5)14-10-12-19(2)3/h19-21H,6-18H2,1-5H3. The van der Waals surface area contributed by atoms with Gasteiger partial charge in [-0.15, -0.1) is 0 Å². The summed E-state index contributed by atoms with van der Waals surface area (Å²) in [4.78, 5) is 11.1. The Labute approximate surface area is 157 Å². The first-order valence-corrected chi connectivity index (χ1v) is 10.7. The van der Waals surface area contributed by atoms with E-state index in [9.17, 15) is 4.79 Å². The third kappa shape index (κ3) is 18.0. The zero-order valence-corrected chi connectivity index (χ0v) is 17.6. The van der Waals surface area contributed by atoms with Crippen LogP contribution in [0.4, 0.5) is 0 Å². The van der Waals surface area contributed by atoms with E-state index in [1.807, 2.05) is 6.92 Å². The lowest BCUT2D eigenvalue weighted by Gasteiger charge is -2.15. The van der Waals surface area contributed by atoms with Crippen molar-refractivity contribution < 1.29 is 14.3 Å². The molecule has 0 aromatic carbocycles. The van der Waals surface area contributed by atoms with Crippen LogP contribution in [-0.2, 0) is 14.3 Å². The summed E-state index contributed by atoms with van der Waals surface area (Å²) in [7, 11) is 0. The van der Waals surface area contributed by atoms with E-state index < -0.39 is 0 Å². The van der Waals surface area contributed by atoms with Gasteiger partial charge in [-0.25, -0.2) is 4.79 Å². The molecule has 25 heavy (non-hydrogen) atoms. The smallest absolute Gasteiger partial charge is 0.332 e. The van der Waals surface area contributed by atoms with Gasteiger partial charge in [-0.1, -0.05) is 85.5 Å². The lowest BCUT2D eigenvalue weighted by atomic mass is 9.92. The van der Waals surface area contributed by atoms with Gasteiger partial charge in [0.25, 0.3) is 0 Å². The number of carbonyl (C=O) groups excluding carboxylic acids is 1. The quantitative estimate of drug-likeness (QED) is 0.223. The minimum Gasteiger partial charge on any atom is -0.464 e. The fourth-order valence-corrected chi connectivity index (χ4v) is 3.21. The first-order chi connectivity index (χ1) is 12.0. The van der Waals surface area contributed by atoms with E-state index in [0.29, 0.717) is 13.2 Å². The largest absolute Gasteiger partial charge is 0.464 e. The Morgan fingerprint density at radius 3 is 1.88 bits per heavy atom. The number of rotatable bonds is 17. The Bertz CT molecular complexity index is 302. The maximum atomic E-state index is 11.1. The molecule has 2 atom stereocenters. The van der Waals surface area contributed by atoms with Crippen molar-refractivity contribution in [2.45, 2.75) is 98.8 Å². The first kappa shape index (κ1) is 24.4. The van der Waals surface area contributed by atoms with Crippen LogP contribution in [0.2, 0.25) is 0 Å². The molecule has 0 amide bonds. The van der Waals surface area contributed by atoms with Crippen molar-refractivity contribution in [3.05, 3.63) is 0 Å². The van der Waals surface area contributed by atoms with Gasteiger partial charge in [-0.05, 0) is 31.1 Å². The van der Waals surface area contributed by atoms with Gasteiger partial charge in [0.15, 0.2) is 0 Å². The number of esters is 1. The Kier molecular flexibility index (Phi) is 16.5. The van der Waals surface area contributed by atoms with Crippen LogP contribution in [0.1, 0.15) is 98.8 Å². The van der Waals surface area contributed by atoms with Gasteiger partial charge in [0.1, 0.15) is 6.61 Å². The molecular weight excluding hydrogens is 312 g/mol. The molecule has 0 aliphatic rings. The van der Waals surface area contributed by atoms with Crippen LogP contribution in [0.25, 0.3) is 0 Å². The fourth-order valence-electron chi connectivity index (χ4n) is 3.21. The number of ether oxygens (including phenoxy) is 2. The highest BCUT2D eigenvalue weighted by Crippen LogP contribution is 2.21. The summed E-state index contributed by atoms with van der Waals surface area (Å²) >= 11 is 0. The van der Waals surface area contributed by atoms with E-state index in [-0.39, 0.29) is 12.6 Å². The molecule has 150 valence electrons. The molecule has 0 rings (SSSR count). The minimum absolute atomic E-state index is 0.0968. The third-order valence-electron chi connectivity index (χ3n) is 4.88. The van der Waals surface area contributed by atoms with Gasteiger partial charge in [-0.3, -0.25) is 0 Å². The highest BCUT2D eigenvalue weighted by atomic mass is 16.6. The molecule has 2 unspecified atom stereocenters. The number of hydrogen-bond donors (Lipinski definition) is 0. The number of unbranched alkanes of at least 4 members (excludes halogenated alkanes) is 2. The number of carbonyl (C=O) groups is 1. The maximum absolute atomic E-state index is 11.1. The van der Waals surface area contributed by atoms with Gasteiger partial charge in [0, 0.05) is 6.61 Å². The second kappa shape index (κ2) is 16.9. The van der Waals surface area contributed by atoms with Gasteiger partial charge >= 0.3 is 5.97 Å². The molecule has 0 N–H and O–H groups in total. The molecule has 3 heteroatoms. The van der Waals surface area contributed by atoms with Crippen molar-refractivity contribution in [3.63, 3.8) is 0 Å². The van der Waals surface area contributed by atoms with Crippen molar-refractivity contribution in [2.75, 3.05) is 19.8 Å². The summed E-state index contributed by atoms with van der Waals surface area (Å²) in [6.45, 7) is 12.4. The molecule has 0 aliphatic carbocycles. The van der Waals surface area contributed by atoms with Gasteiger partial charge in [0.05, 0.1) is 6.61 Å². The molecule has 0 fully saturated rings. The Morgan fingerprint density at radius 2 is 1.32 bits per heavy atom. The Hall–Kier alpha value is -0.570. The Balaban J connectivity index is 3.38. The van der Waals surface area contributed by atoms with Crippen LogP contribution in [0.5, 0.6) is 0 Å². The summed E-state index contributed by atoms with van der Waals surface area (Å²) < 4.78 is 10.1. The predicted molar refractivity (Wildman–Crippen MR) is 107 cm³/mol. The molecule has 0 heterocycles. The molecule has 0 aliphatic heterocycles. The summed E-state index contributed by atoms with van der Waals surface area (Å²) in [6.07, 6.45) is 13.1. The van der Waals surface area contributed by atoms with Crippen LogP contribution in [0.15, 0.2) is 0 Å². The van der Waals surface area contributed by atoms with Crippen LogP contribution >= 0.6 is 0 Å². The first-order valence-electron chi connectivity index (χ1n) is 10.7. The number of hydrogen-bond acceptors (Lipinski definition) is 3. The van der Waals surface area contributed by atoms with Crippen molar-refractivity contribution in [3.8, 4) is 0 Å². The van der Waals surface area contributed by atoms with Crippen molar-refractivity contribution >= 4 is 5.97 Å². The molecule has 0 saturated heterocycles. The van der Waals surface area contributed by atoms with Crippen molar-refractivity contribution in [1.29, 1.82) is 0 Å². The normalized spacial score (nSPS) is 13.8. The van der Waals surface area contributed by atoms with Crippen molar-refractivity contribution in [2.24, 2.45) is 17.8 Å². The second-order valence-corrected chi connectivity index (χ2v) is 8.17. The van der Waals surface area contributed by atoms with E-state index in [0.717, 1.165) is 24.2 Å². The lowest BCUT2D eigenvalue weighted by molar-refractivity contribution is -0.148. The third-order valence-corrected chi connectivity index (χ3v) is 4.88. The maximum Gasteiger partial charge on any atom is 0.332 e. The zero-order valence-electron chi connectivity index (χ0n) is 17.6. The SMILES string of the molecule is CCOC(=O)COCCCCCC(C)CCCC(C)CCCC(C)C. The monoisotopic (exact) mass is 356 g/mol. The lowest BCUT2D eigenvalue weighted by Crippen LogP contribution is -2.12. The predicted octanol–water partition coefficient (Wildman–Crippen LogP) is 6.40. The summed E-state index contributed by atoms with van der Waals surface area (Å²) in [5.41, 5.74) is 0. The van der Waals surface area contributed by atoms with E-state index in [4.69, 9.17) is 9.47 Å². The zero-order chi connectivity index (χ0) is 18.9. The molecule has 0 bridgehead atoms. The molecule has 0 saturated carbocycles. The highest BCUT2D eigenvalue weighted by Gasteiger charge is 2.06. The van der Waals surface area contributed by atoms with Gasteiger partial charge in [-0.2, -0.15) is 0 Å². The summed E-state index contributed by atoms with van der Waals surface area (Å²) in [5, 5.41) is 0.